The zero-order valence-electron chi connectivity index (χ0n) is 21.4. The van der Waals surface area contributed by atoms with Gasteiger partial charge >= 0.3 is 6.03 Å². The molecule has 10 nitrogen and oxygen atoms in total. The van der Waals surface area contributed by atoms with Crippen LogP contribution in [-0.4, -0.2) is 39.9 Å². The fourth-order valence-corrected chi connectivity index (χ4v) is 6.16. The highest BCUT2D eigenvalue weighted by molar-refractivity contribution is 7.21. The Balaban J connectivity index is 1.24. The van der Waals surface area contributed by atoms with Crippen LogP contribution >= 0.6 is 11.3 Å². The molecule has 3 aromatic heterocycles. The molecule has 3 N–H and O–H groups in total. The van der Waals surface area contributed by atoms with E-state index in [0.717, 1.165) is 19.3 Å². The number of nitrogens with zero attached hydrogens (tertiary/aromatic N) is 3. The normalized spacial score (nSPS) is 18.1. The minimum Gasteiger partial charge on any atom is -0.439 e. The number of pyridine rings is 2. The van der Waals surface area contributed by atoms with E-state index < -0.39 is 6.03 Å². The number of benzene rings is 1. The van der Waals surface area contributed by atoms with Gasteiger partial charge in [0.25, 0.3) is 5.91 Å². The number of nitrogens with one attached hydrogen (secondary N) is 3. The zero-order valence-corrected chi connectivity index (χ0v) is 22.2. The third-order valence-electron chi connectivity index (χ3n) is 6.94. The molecular formula is C29H26N6O4S. The van der Waals surface area contributed by atoms with E-state index in [0.29, 0.717) is 50.2 Å². The minimum atomic E-state index is -0.407. The van der Waals surface area contributed by atoms with E-state index in [2.05, 4.69) is 32.5 Å². The summed E-state index contributed by atoms with van der Waals surface area (Å²) in [6.07, 6.45) is 7.63. The van der Waals surface area contributed by atoms with Crippen molar-refractivity contribution in [3.05, 3.63) is 78.5 Å². The van der Waals surface area contributed by atoms with Gasteiger partial charge in [0.1, 0.15) is 15.5 Å². The first-order chi connectivity index (χ1) is 19.5. The second-order valence-corrected chi connectivity index (χ2v) is 10.6. The molecule has 2 aliphatic rings. The van der Waals surface area contributed by atoms with Gasteiger partial charge < -0.3 is 20.7 Å². The van der Waals surface area contributed by atoms with Crippen LogP contribution in [0.3, 0.4) is 0 Å². The van der Waals surface area contributed by atoms with Crippen LogP contribution in [-0.2, 0) is 4.79 Å². The zero-order chi connectivity index (χ0) is 27.6. The number of carbonyl (C=O) groups excluding carboxylic acids is 3. The number of urea groups is 1. The standard InChI is InChI=1S/C29H26N6O4S/c1-2-22(36)32-17-7-6-8-18(15-17)33-27(37)26-25-24-21(13-14-30-28(24)40-26)35(29(38)34-25)19-11-12-23(31-16-19)39-20-9-4-3-5-10-20/h2-5,9-14,16-18H,1,6-8,15H2,(H,32,36)(H,33,37)(H,34,38)/t17?,18-/m1/s1. The highest BCUT2D eigenvalue weighted by Gasteiger charge is 2.34. The first kappa shape index (κ1) is 25.5. The Morgan fingerprint density at radius 1 is 1.07 bits per heavy atom. The molecule has 0 spiro atoms. The summed E-state index contributed by atoms with van der Waals surface area (Å²) >= 11 is 1.23. The average molecular weight is 555 g/mol. The molecule has 4 aromatic rings. The predicted octanol–water partition coefficient (Wildman–Crippen LogP) is 5.51. The van der Waals surface area contributed by atoms with Gasteiger partial charge in [-0.3, -0.25) is 14.5 Å². The number of amides is 4. The summed E-state index contributed by atoms with van der Waals surface area (Å²) in [6, 6.07) is 14.0. The van der Waals surface area contributed by atoms with E-state index in [1.54, 1.807) is 30.6 Å². The summed E-state index contributed by atoms with van der Waals surface area (Å²) in [5.74, 6) is 0.567. The third kappa shape index (κ3) is 4.98. The highest BCUT2D eigenvalue weighted by atomic mass is 32.1. The second-order valence-electron chi connectivity index (χ2n) is 9.60. The van der Waals surface area contributed by atoms with Crippen LogP contribution < -0.4 is 25.6 Å². The van der Waals surface area contributed by atoms with Crippen molar-refractivity contribution in [3.63, 3.8) is 0 Å². The maximum atomic E-state index is 13.4. The number of hydrogen-bond acceptors (Lipinski definition) is 7. The Labute approximate surface area is 234 Å². The lowest BCUT2D eigenvalue weighted by Crippen LogP contribution is -2.45. The second kappa shape index (κ2) is 10.8. The quantitative estimate of drug-likeness (QED) is 0.259. The number of thiophene rings is 1. The van der Waals surface area contributed by atoms with Gasteiger partial charge in [-0.2, -0.15) is 0 Å². The lowest BCUT2D eigenvalue weighted by Gasteiger charge is -2.30. The van der Waals surface area contributed by atoms with Gasteiger partial charge in [-0.1, -0.05) is 24.8 Å². The minimum absolute atomic E-state index is 0.0232. The van der Waals surface area contributed by atoms with Gasteiger partial charge in [-0.25, -0.2) is 14.8 Å². The van der Waals surface area contributed by atoms with Crippen LogP contribution in [0.1, 0.15) is 35.4 Å². The van der Waals surface area contributed by atoms with Crippen LogP contribution in [0, 0.1) is 0 Å². The van der Waals surface area contributed by atoms with Crippen molar-refractivity contribution in [1.29, 1.82) is 0 Å². The van der Waals surface area contributed by atoms with Gasteiger partial charge in [0, 0.05) is 24.3 Å². The summed E-state index contributed by atoms with van der Waals surface area (Å²) in [7, 11) is 0. The maximum absolute atomic E-state index is 13.4. The fraction of sp³-hybridized carbons (Fsp3) is 0.207. The Bertz CT molecular complexity index is 1600. The molecule has 0 saturated heterocycles. The smallest absolute Gasteiger partial charge is 0.331 e. The van der Waals surface area contributed by atoms with Crippen LogP contribution in [0.25, 0.3) is 10.2 Å². The molecule has 2 atom stereocenters. The van der Waals surface area contributed by atoms with Gasteiger partial charge in [0.2, 0.25) is 11.8 Å². The molecular weight excluding hydrogens is 528 g/mol. The van der Waals surface area contributed by atoms with Crippen molar-refractivity contribution in [2.45, 2.75) is 37.8 Å². The van der Waals surface area contributed by atoms with Gasteiger partial charge in [-0.15, -0.1) is 11.3 Å². The fourth-order valence-electron chi connectivity index (χ4n) is 5.14. The number of para-hydroxylation sites is 1. The molecule has 1 aliphatic heterocycles. The number of ether oxygens (including phenoxy) is 1. The molecule has 0 bridgehead atoms. The Kier molecular flexibility index (Phi) is 6.87. The monoisotopic (exact) mass is 554 g/mol. The number of carbonyl (C=O) groups is 3. The maximum Gasteiger partial charge on any atom is 0.331 e. The molecule has 11 heteroatoms. The summed E-state index contributed by atoms with van der Waals surface area (Å²) in [5.41, 5.74) is 1.61. The SMILES string of the molecule is C=CC(=O)NC1CCC[C@@H](NC(=O)c2sc3nccc4c3c2NC(=O)N4c2ccc(Oc3ccccc3)nc2)C1. The number of aromatic nitrogens is 2. The number of anilines is 3. The van der Waals surface area contributed by atoms with Crippen molar-refractivity contribution < 1.29 is 19.1 Å². The van der Waals surface area contributed by atoms with E-state index in [-0.39, 0.29) is 23.9 Å². The van der Waals surface area contributed by atoms with Crippen molar-refractivity contribution in [1.82, 2.24) is 20.6 Å². The molecule has 1 saturated carbocycles. The van der Waals surface area contributed by atoms with Gasteiger partial charge in [0.15, 0.2) is 0 Å². The molecule has 1 unspecified atom stereocenters. The first-order valence-corrected chi connectivity index (χ1v) is 13.8. The van der Waals surface area contributed by atoms with Gasteiger partial charge in [-0.05, 0) is 56.0 Å². The Morgan fingerprint density at radius 3 is 2.62 bits per heavy atom. The van der Waals surface area contributed by atoms with Crippen molar-refractivity contribution in [2.75, 3.05) is 10.2 Å². The summed E-state index contributed by atoms with van der Waals surface area (Å²) in [5, 5.41) is 9.62. The lowest BCUT2D eigenvalue weighted by atomic mass is 9.91. The van der Waals surface area contributed by atoms with E-state index in [1.165, 1.54) is 22.3 Å². The third-order valence-corrected chi connectivity index (χ3v) is 8.03. The summed E-state index contributed by atoms with van der Waals surface area (Å²) < 4.78 is 5.78. The van der Waals surface area contributed by atoms with Crippen molar-refractivity contribution in [3.8, 4) is 11.6 Å². The molecule has 1 aromatic carbocycles. The Hall–Kier alpha value is -4.77. The molecule has 6 rings (SSSR count). The topological polar surface area (TPSA) is 126 Å². The summed E-state index contributed by atoms with van der Waals surface area (Å²) in [4.78, 5) is 49.9. The van der Waals surface area contributed by atoms with Crippen LogP contribution in [0.15, 0.2) is 73.6 Å². The van der Waals surface area contributed by atoms with E-state index >= 15 is 0 Å². The molecule has 4 amide bonds. The van der Waals surface area contributed by atoms with Crippen LogP contribution in [0.4, 0.5) is 21.9 Å². The first-order valence-electron chi connectivity index (χ1n) is 13.0. The van der Waals surface area contributed by atoms with Gasteiger partial charge in [0.05, 0.1) is 28.6 Å². The lowest BCUT2D eigenvalue weighted by molar-refractivity contribution is -0.117. The molecule has 0 radical (unpaired) electrons. The van der Waals surface area contributed by atoms with E-state index in [4.69, 9.17) is 4.74 Å². The average Bonchev–Trinajstić information content (AvgIpc) is 3.34. The Morgan fingerprint density at radius 2 is 1.88 bits per heavy atom. The van der Waals surface area contributed by atoms with Crippen molar-refractivity contribution in [2.24, 2.45) is 0 Å². The number of rotatable bonds is 7. The molecule has 202 valence electrons. The molecule has 40 heavy (non-hydrogen) atoms. The van der Waals surface area contributed by atoms with E-state index in [9.17, 15) is 14.4 Å². The van der Waals surface area contributed by atoms with Crippen LogP contribution in [0.2, 0.25) is 0 Å². The van der Waals surface area contributed by atoms with E-state index in [1.807, 2.05) is 30.3 Å². The molecule has 1 aliphatic carbocycles. The predicted molar refractivity (Wildman–Crippen MR) is 153 cm³/mol. The number of hydrogen-bond donors (Lipinski definition) is 3. The molecule has 1 fully saturated rings. The van der Waals surface area contributed by atoms with Crippen molar-refractivity contribution >= 4 is 56.5 Å². The summed E-state index contributed by atoms with van der Waals surface area (Å²) in [6.45, 7) is 3.50. The molecule has 4 heterocycles. The van der Waals surface area contributed by atoms with Crippen LogP contribution in [0.5, 0.6) is 11.6 Å². The largest absolute Gasteiger partial charge is 0.439 e. The highest BCUT2D eigenvalue weighted by Crippen LogP contribution is 2.45.